The fourth-order valence-corrected chi connectivity index (χ4v) is 1.95. The van der Waals surface area contributed by atoms with Crippen LogP contribution in [0.1, 0.15) is 6.92 Å². The quantitative estimate of drug-likeness (QED) is 0.613. The fourth-order valence-electron chi connectivity index (χ4n) is 1.18. The number of amides is 1. The Balaban J connectivity index is 2.62. The zero-order chi connectivity index (χ0) is 11.1. The molecule has 0 aliphatic carbocycles. The lowest BCUT2D eigenvalue weighted by Gasteiger charge is -2.20. The van der Waals surface area contributed by atoms with Crippen LogP contribution in [0.2, 0.25) is 0 Å². The molecule has 0 bridgehead atoms. The van der Waals surface area contributed by atoms with Crippen LogP contribution >= 0.6 is 11.8 Å². The Bertz CT molecular complexity index is 303. The summed E-state index contributed by atoms with van der Waals surface area (Å²) in [5, 5.41) is 8.66. The summed E-state index contributed by atoms with van der Waals surface area (Å²) in [5.41, 5.74) is 0.899. The standard InChI is InChI=1S/C11H15NO2S/c1-10(14)12(9-15-8-7-13)11-5-3-2-4-6-11/h2-6,13H,7-9H2,1H3. The van der Waals surface area contributed by atoms with E-state index in [1.165, 1.54) is 11.8 Å². The van der Waals surface area contributed by atoms with Crippen molar-refractivity contribution in [2.45, 2.75) is 6.92 Å². The third-order valence-corrected chi connectivity index (χ3v) is 2.82. The topological polar surface area (TPSA) is 40.5 Å². The minimum absolute atomic E-state index is 0.0200. The molecule has 1 N–H and O–H groups in total. The van der Waals surface area contributed by atoms with Gasteiger partial charge in [-0.05, 0) is 12.1 Å². The number of hydrogen-bond donors (Lipinski definition) is 1. The van der Waals surface area contributed by atoms with Gasteiger partial charge in [0.05, 0.1) is 12.5 Å². The van der Waals surface area contributed by atoms with E-state index < -0.39 is 0 Å². The van der Waals surface area contributed by atoms with Gasteiger partial charge >= 0.3 is 0 Å². The molecule has 0 heterocycles. The largest absolute Gasteiger partial charge is 0.396 e. The van der Waals surface area contributed by atoms with Crippen molar-refractivity contribution < 1.29 is 9.90 Å². The number of hydrogen-bond acceptors (Lipinski definition) is 3. The van der Waals surface area contributed by atoms with Gasteiger partial charge in [0.2, 0.25) is 5.91 Å². The summed E-state index contributed by atoms with van der Waals surface area (Å²) < 4.78 is 0. The smallest absolute Gasteiger partial charge is 0.224 e. The molecule has 1 aromatic carbocycles. The van der Waals surface area contributed by atoms with Gasteiger partial charge < -0.3 is 10.0 Å². The molecule has 0 atom stereocenters. The maximum absolute atomic E-state index is 11.4. The van der Waals surface area contributed by atoms with Crippen LogP contribution in [0.25, 0.3) is 0 Å². The predicted molar refractivity (Wildman–Crippen MR) is 64.0 cm³/mol. The lowest BCUT2D eigenvalue weighted by atomic mass is 10.3. The van der Waals surface area contributed by atoms with E-state index in [9.17, 15) is 4.79 Å². The van der Waals surface area contributed by atoms with E-state index in [2.05, 4.69) is 0 Å². The van der Waals surface area contributed by atoms with Crippen LogP contribution in [-0.4, -0.2) is 29.3 Å². The van der Waals surface area contributed by atoms with Gasteiger partial charge in [0.15, 0.2) is 0 Å². The third-order valence-electron chi connectivity index (χ3n) is 1.90. The molecule has 1 aromatic rings. The van der Waals surface area contributed by atoms with Gasteiger partial charge in [-0.1, -0.05) is 18.2 Å². The first-order valence-electron chi connectivity index (χ1n) is 4.77. The Kier molecular flexibility index (Phi) is 5.21. The molecule has 0 spiro atoms. The van der Waals surface area contributed by atoms with Crippen LogP contribution in [0, 0.1) is 0 Å². The van der Waals surface area contributed by atoms with Crippen LogP contribution in [0.4, 0.5) is 5.69 Å². The van der Waals surface area contributed by atoms with Gasteiger partial charge in [-0.2, -0.15) is 0 Å². The molecule has 0 saturated heterocycles. The van der Waals surface area contributed by atoms with Gasteiger partial charge in [0, 0.05) is 18.4 Å². The minimum Gasteiger partial charge on any atom is -0.396 e. The van der Waals surface area contributed by atoms with Gasteiger partial charge in [0.1, 0.15) is 0 Å². The van der Waals surface area contributed by atoms with Crippen molar-refractivity contribution >= 4 is 23.4 Å². The zero-order valence-electron chi connectivity index (χ0n) is 8.72. The van der Waals surface area contributed by atoms with E-state index in [0.717, 1.165) is 5.69 Å². The Hall–Kier alpha value is -1.00. The lowest BCUT2D eigenvalue weighted by Crippen LogP contribution is -2.28. The SMILES string of the molecule is CC(=O)N(CSCCO)c1ccccc1. The molecule has 0 fully saturated rings. The molecular weight excluding hydrogens is 210 g/mol. The summed E-state index contributed by atoms with van der Waals surface area (Å²) in [4.78, 5) is 13.1. The molecule has 0 saturated carbocycles. The van der Waals surface area contributed by atoms with Crippen molar-refractivity contribution in [2.75, 3.05) is 23.1 Å². The van der Waals surface area contributed by atoms with E-state index in [4.69, 9.17) is 5.11 Å². The van der Waals surface area contributed by atoms with Crippen molar-refractivity contribution in [3.05, 3.63) is 30.3 Å². The number of benzene rings is 1. The first-order chi connectivity index (χ1) is 7.25. The predicted octanol–water partition coefficient (Wildman–Crippen LogP) is 1.72. The van der Waals surface area contributed by atoms with E-state index in [0.29, 0.717) is 11.6 Å². The van der Waals surface area contributed by atoms with Crippen LogP contribution in [0.5, 0.6) is 0 Å². The summed E-state index contributed by atoms with van der Waals surface area (Å²) in [7, 11) is 0. The van der Waals surface area contributed by atoms with Gasteiger partial charge in [0.25, 0.3) is 0 Å². The Morgan fingerprint density at radius 2 is 2.07 bits per heavy atom. The van der Waals surface area contributed by atoms with Crippen LogP contribution in [-0.2, 0) is 4.79 Å². The molecule has 1 amide bonds. The fraction of sp³-hybridized carbons (Fsp3) is 0.364. The maximum atomic E-state index is 11.4. The number of aliphatic hydroxyl groups is 1. The number of rotatable bonds is 5. The average molecular weight is 225 g/mol. The molecule has 4 heteroatoms. The molecule has 0 aliphatic rings. The van der Waals surface area contributed by atoms with E-state index >= 15 is 0 Å². The van der Waals surface area contributed by atoms with E-state index in [1.807, 2.05) is 30.3 Å². The molecule has 0 radical (unpaired) electrons. The molecule has 0 aromatic heterocycles. The van der Waals surface area contributed by atoms with Crippen LogP contribution in [0.3, 0.4) is 0 Å². The molecule has 0 unspecified atom stereocenters. The Morgan fingerprint density at radius 1 is 1.40 bits per heavy atom. The Morgan fingerprint density at radius 3 is 2.60 bits per heavy atom. The first kappa shape index (κ1) is 12.1. The zero-order valence-corrected chi connectivity index (χ0v) is 9.54. The van der Waals surface area contributed by atoms with Crippen molar-refractivity contribution in [3.63, 3.8) is 0 Å². The summed E-state index contributed by atoms with van der Waals surface area (Å²) in [6, 6.07) is 9.54. The number of thioether (sulfide) groups is 1. The van der Waals surface area contributed by atoms with Crippen LogP contribution in [0.15, 0.2) is 30.3 Å². The Labute approximate surface area is 94.1 Å². The van der Waals surface area contributed by atoms with Crippen molar-refractivity contribution in [2.24, 2.45) is 0 Å². The number of anilines is 1. The van der Waals surface area contributed by atoms with Crippen LogP contribution < -0.4 is 4.90 Å². The minimum atomic E-state index is 0.0200. The number of para-hydroxylation sites is 1. The van der Waals surface area contributed by atoms with E-state index in [1.54, 1.807) is 11.8 Å². The van der Waals surface area contributed by atoms with Crippen molar-refractivity contribution in [1.29, 1.82) is 0 Å². The highest BCUT2D eigenvalue weighted by molar-refractivity contribution is 7.99. The molecule has 82 valence electrons. The third kappa shape index (κ3) is 3.93. The number of nitrogens with zero attached hydrogens (tertiary/aromatic N) is 1. The van der Waals surface area contributed by atoms with Gasteiger partial charge in [-0.3, -0.25) is 4.79 Å². The molecule has 0 aliphatic heterocycles. The summed E-state index contributed by atoms with van der Waals surface area (Å²) in [6.07, 6.45) is 0. The normalized spacial score (nSPS) is 10.0. The number of aliphatic hydroxyl groups excluding tert-OH is 1. The lowest BCUT2D eigenvalue weighted by molar-refractivity contribution is -0.116. The number of carbonyl (C=O) groups excluding carboxylic acids is 1. The monoisotopic (exact) mass is 225 g/mol. The molecular formula is C11H15NO2S. The highest BCUT2D eigenvalue weighted by Crippen LogP contribution is 2.16. The van der Waals surface area contributed by atoms with E-state index in [-0.39, 0.29) is 12.5 Å². The molecule has 3 nitrogen and oxygen atoms in total. The van der Waals surface area contributed by atoms with Gasteiger partial charge in [-0.15, -0.1) is 11.8 Å². The number of carbonyl (C=O) groups is 1. The molecule has 1 rings (SSSR count). The average Bonchev–Trinajstić information content (AvgIpc) is 2.25. The summed E-state index contributed by atoms with van der Waals surface area (Å²) in [6.45, 7) is 1.69. The van der Waals surface area contributed by atoms with Crippen molar-refractivity contribution in [1.82, 2.24) is 0 Å². The second-order valence-corrected chi connectivity index (χ2v) is 4.12. The highest BCUT2D eigenvalue weighted by Gasteiger charge is 2.09. The van der Waals surface area contributed by atoms with Gasteiger partial charge in [-0.25, -0.2) is 0 Å². The second kappa shape index (κ2) is 6.48. The second-order valence-electron chi connectivity index (χ2n) is 3.04. The highest BCUT2D eigenvalue weighted by atomic mass is 32.2. The van der Waals surface area contributed by atoms with Crippen molar-refractivity contribution in [3.8, 4) is 0 Å². The summed E-state index contributed by atoms with van der Waals surface area (Å²) >= 11 is 1.54. The maximum Gasteiger partial charge on any atom is 0.224 e. The molecule has 15 heavy (non-hydrogen) atoms. The summed E-state index contributed by atoms with van der Waals surface area (Å²) in [5.74, 6) is 1.25. The first-order valence-corrected chi connectivity index (χ1v) is 5.93.